The predicted octanol–water partition coefficient (Wildman–Crippen LogP) is 3.91. The second-order valence-corrected chi connectivity index (χ2v) is 6.79. The molecule has 0 spiro atoms. The van der Waals surface area contributed by atoms with E-state index < -0.39 is 6.04 Å². The number of nitrogens with two attached hydrogens (primary N) is 1. The number of aromatic nitrogens is 2. The van der Waals surface area contributed by atoms with Crippen LogP contribution in [0, 0.1) is 11.7 Å². The van der Waals surface area contributed by atoms with E-state index in [9.17, 15) is 9.18 Å². The lowest BCUT2D eigenvalue weighted by molar-refractivity contribution is -0.119. The van der Waals surface area contributed by atoms with Gasteiger partial charge in [0, 0.05) is 24.5 Å². The molecule has 29 heavy (non-hydrogen) atoms. The zero-order valence-corrected chi connectivity index (χ0v) is 17.2. The van der Waals surface area contributed by atoms with Crippen LogP contribution in [0.5, 0.6) is 0 Å². The molecule has 0 radical (unpaired) electrons. The lowest BCUT2D eigenvalue weighted by Gasteiger charge is -2.26. The molecule has 1 amide bonds. The van der Waals surface area contributed by atoms with E-state index in [2.05, 4.69) is 15.3 Å². The van der Waals surface area contributed by atoms with Crippen LogP contribution in [0.4, 0.5) is 10.1 Å². The SMILES string of the molecule is Cl.Cl.NC(C(=O)Nc1ccc2nc(-c3ccc(F)cc3)[nH]c2c1)C1CCOCC1. The van der Waals surface area contributed by atoms with Crippen LogP contribution in [0.1, 0.15) is 12.8 Å². The highest BCUT2D eigenvalue weighted by Crippen LogP contribution is 2.24. The maximum Gasteiger partial charge on any atom is 0.241 e. The van der Waals surface area contributed by atoms with Gasteiger partial charge in [0.1, 0.15) is 11.6 Å². The number of hydrogen-bond acceptors (Lipinski definition) is 4. The molecule has 1 unspecified atom stereocenters. The summed E-state index contributed by atoms with van der Waals surface area (Å²) < 4.78 is 18.4. The Bertz CT molecular complexity index is 959. The predicted molar refractivity (Wildman–Crippen MR) is 116 cm³/mol. The Morgan fingerprint density at radius 2 is 1.86 bits per heavy atom. The Morgan fingerprint density at radius 3 is 2.55 bits per heavy atom. The number of ether oxygens (including phenoxy) is 1. The number of amides is 1. The number of carbonyl (C=O) groups is 1. The molecule has 1 fully saturated rings. The summed E-state index contributed by atoms with van der Waals surface area (Å²) in [6, 6.07) is 11.0. The minimum Gasteiger partial charge on any atom is -0.381 e. The summed E-state index contributed by atoms with van der Waals surface area (Å²) in [4.78, 5) is 20.2. The van der Waals surface area contributed by atoms with E-state index in [0.29, 0.717) is 24.7 Å². The summed E-state index contributed by atoms with van der Waals surface area (Å²) >= 11 is 0. The Hall–Kier alpha value is -2.19. The molecule has 1 saturated heterocycles. The van der Waals surface area contributed by atoms with Crippen molar-refractivity contribution in [2.45, 2.75) is 18.9 Å². The molecule has 0 aliphatic carbocycles. The van der Waals surface area contributed by atoms with Gasteiger partial charge in [0.2, 0.25) is 5.91 Å². The first-order chi connectivity index (χ1) is 13.1. The molecule has 9 heteroatoms. The van der Waals surface area contributed by atoms with E-state index in [1.165, 1.54) is 12.1 Å². The van der Waals surface area contributed by atoms with Crippen LogP contribution in [0.3, 0.4) is 0 Å². The first-order valence-electron chi connectivity index (χ1n) is 9.00. The van der Waals surface area contributed by atoms with Crippen molar-refractivity contribution in [2.24, 2.45) is 11.7 Å². The van der Waals surface area contributed by atoms with E-state index in [1.54, 1.807) is 18.2 Å². The van der Waals surface area contributed by atoms with Gasteiger partial charge in [-0.05, 0) is 61.2 Å². The molecule has 3 aromatic rings. The number of fused-ring (bicyclic) bond motifs is 1. The number of H-pyrrole nitrogens is 1. The zero-order chi connectivity index (χ0) is 18.8. The van der Waals surface area contributed by atoms with E-state index in [4.69, 9.17) is 10.5 Å². The van der Waals surface area contributed by atoms with Gasteiger partial charge in [-0.3, -0.25) is 4.79 Å². The van der Waals surface area contributed by atoms with Gasteiger partial charge in [-0.15, -0.1) is 24.8 Å². The van der Waals surface area contributed by atoms with Crippen molar-refractivity contribution in [1.29, 1.82) is 0 Å². The van der Waals surface area contributed by atoms with Crippen molar-refractivity contribution < 1.29 is 13.9 Å². The number of benzene rings is 2. The molecule has 6 nitrogen and oxygen atoms in total. The van der Waals surface area contributed by atoms with Crippen LogP contribution in [0.15, 0.2) is 42.5 Å². The summed E-state index contributed by atoms with van der Waals surface area (Å²) in [5.41, 5.74) is 9.12. The van der Waals surface area contributed by atoms with Crippen molar-refractivity contribution in [1.82, 2.24) is 9.97 Å². The van der Waals surface area contributed by atoms with Gasteiger partial charge in [0.05, 0.1) is 17.1 Å². The van der Waals surface area contributed by atoms with Gasteiger partial charge in [0.15, 0.2) is 0 Å². The van der Waals surface area contributed by atoms with Crippen molar-refractivity contribution in [2.75, 3.05) is 18.5 Å². The van der Waals surface area contributed by atoms with Crippen LogP contribution in [0.25, 0.3) is 22.4 Å². The third-order valence-electron chi connectivity index (χ3n) is 4.94. The smallest absolute Gasteiger partial charge is 0.241 e. The molecule has 156 valence electrons. The highest BCUT2D eigenvalue weighted by molar-refractivity contribution is 5.96. The summed E-state index contributed by atoms with van der Waals surface area (Å²) in [6.07, 6.45) is 1.60. The summed E-state index contributed by atoms with van der Waals surface area (Å²) in [5.74, 6) is 0.298. The fourth-order valence-electron chi connectivity index (χ4n) is 3.35. The first kappa shape index (κ1) is 23.1. The average Bonchev–Trinajstić information content (AvgIpc) is 3.12. The Labute approximate surface area is 180 Å². The number of carbonyl (C=O) groups excluding carboxylic acids is 1. The molecule has 1 aromatic heterocycles. The lowest BCUT2D eigenvalue weighted by Crippen LogP contribution is -2.43. The highest BCUT2D eigenvalue weighted by Gasteiger charge is 2.26. The maximum absolute atomic E-state index is 13.1. The topological polar surface area (TPSA) is 93.0 Å². The van der Waals surface area contributed by atoms with Crippen molar-refractivity contribution in [3.05, 3.63) is 48.3 Å². The third-order valence-corrected chi connectivity index (χ3v) is 4.94. The molecule has 2 aromatic carbocycles. The number of anilines is 1. The quantitative estimate of drug-likeness (QED) is 0.573. The standard InChI is InChI=1S/C20H21FN4O2.2ClH/c21-14-3-1-13(2-4-14)19-24-16-6-5-15(11-17(16)25-19)23-20(26)18(22)12-7-9-27-10-8-12;;/h1-6,11-12,18H,7-10,22H2,(H,23,26)(H,24,25);2*1H. The van der Waals surface area contributed by atoms with E-state index in [0.717, 1.165) is 29.4 Å². The monoisotopic (exact) mass is 440 g/mol. The zero-order valence-electron chi connectivity index (χ0n) is 15.6. The van der Waals surface area contributed by atoms with Crippen molar-refractivity contribution in [3.8, 4) is 11.4 Å². The Kier molecular flexibility index (Phi) is 7.98. The van der Waals surface area contributed by atoms with Gasteiger partial charge >= 0.3 is 0 Å². The number of halogens is 3. The van der Waals surface area contributed by atoms with E-state index in [-0.39, 0.29) is 42.5 Å². The third kappa shape index (κ3) is 5.25. The van der Waals surface area contributed by atoms with Gasteiger partial charge in [-0.25, -0.2) is 9.37 Å². The molecular weight excluding hydrogens is 418 g/mol. The first-order valence-corrected chi connectivity index (χ1v) is 9.00. The van der Waals surface area contributed by atoms with Crippen LogP contribution in [-0.2, 0) is 9.53 Å². The molecular formula is C20H23Cl2FN4O2. The molecule has 1 aliphatic heterocycles. The molecule has 1 aliphatic rings. The summed E-state index contributed by atoms with van der Waals surface area (Å²) in [7, 11) is 0. The van der Waals surface area contributed by atoms with Crippen LogP contribution in [-0.4, -0.2) is 35.1 Å². The van der Waals surface area contributed by atoms with Gasteiger partial charge < -0.3 is 20.8 Å². The Balaban J connectivity index is 0.00000150. The molecule has 0 bridgehead atoms. The maximum atomic E-state index is 13.1. The summed E-state index contributed by atoms with van der Waals surface area (Å²) in [5, 5.41) is 2.89. The Morgan fingerprint density at radius 1 is 1.17 bits per heavy atom. The molecule has 0 saturated carbocycles. The second-order valence-electron chi connectivity index (χ2n) is 6.79. The average molecular weight is 441 g/mol. The number of rotatable bonds is 4. The largest absolute Gasteiger partial charge is 0.381 e. The van der Waals surface area contributed by atoms with E-state index >= 15 is 0 Å². The van der Waals surface area contributed by atoms with Crippen LogP contribution < -0.4 is 11.1 Å². The van der Waals surface area contributed by atoms with E-state index in [1.807, 2.05) is 12.1 Å². The van der Waals surface area contributed by atoms with Crippen molar-refractivity contribution >= 4 is 47.4 Å². The number of aromatic amines is 1. The number of imidazole rings is 1. The molecule has 4 N–H and O–H groups in total. The molecule has 4 rings (SSSR count). The van der Waals surface area contributed by atoms with Crippen molar-refractivity contribution in [3.63, 3.8) is 0 Å². The highest BCUT2D eigenvalue weighted by atomic mass is 35.5. The second kappa shape index (κ2) is 10.0. The fourth-order valence-corrected chi connectivity index (χ4v) is 3.35. The number of nitrogens with one attached hydrogen (secondary N) is 2. The molecule has 2 heterocycles. The normalized spacial score (nSPS) is 15.2. The summed E-state index contributed by atoms with van der Waals surface area (Å²) in [6.45, 7) is 1.30. The minimum absolute atomic E-state index is 0. The number of hydrogen-bond donors (Lipinski definition) is 3. The lowest BCUT2D eigenvalue weighted by atomic mass is 9.92. The van der Waals surface area contributed by atoms with Gasteiger partial charge in [-0.1, -0.05) is 0 Å². The van der Waals surface area contributed by atoms with Crippen LogP contribution >= 0.6 is 24.8 Å². The van der Waals surface area contributed by atoms with Gasteiger partial charge in [-0.2, -0.15) is 0 Å². The minimum atomic E-state index is -0.555. The number of nitrogens with zero attached hydrogens (tertiary/aromatic N) is 1. The fraction of sp³-hybridized carbons (Fsp3) is 0.300. The van der Waals surface area contributed by atoms with Gasteiger partial charge in [0.25, 0.3) is 0 Å². The van der Waals surface area contributed by atoms with Crippen LogP contribution in [0.2, 0.25) is 0 Å². The molecule has 1 atom stereocenters.